The lowest BCUT2D eigenvalue weighted by Crippen LogP contribution is -2.42. The SMILES string of the molecule is CC(Cc1ccc2ccccc2c1)NC(=O)N(C)Cc1ccc(F)cc1. The van der Waals surface area contributed by atoms with Gasteiger partial charge >= 0.3 is 6.03 Å². The molecule has 4 heteroatoms. The van der Waals surface area contributed by atoms with Crippen LogP contribution < -0.4 is 5.32 Å². The Morgan fingerprint density at radius 1 is 1.00 bits per heavy atom. The van der Waals surface area contributed by atoms with Crippen molar-refractivity contribution in [3.8, 4) is 0 Å². The van der Waals surface area contributed by atoms with Gasteiger partial charge in [0.1, 0.15) is 5.82 Å². The van der Waals surface area contributed by atoms with Crippen LogP contribution in [-0.4, -0.2) is 24.0 Å². The van der Waals surface area contributed by atoms with E-state index in [1.807, 2.05) is 19.1 Å². The van der Waals surface area contributed by atoms with Crippen molar-refractivity contribution < 1.29 is 9.18 Å². The molecule has 0 spiro atoms. The van der Waals surface area contributed by atoms with Gasteiger partial charge in [0.25, 0.3) is 0 Å². The molecule has 0 bridgehead atoms. The summed E-state index contributed by atoms with van der Waals surface area (Å²) in [4.78, 5) is 14.0. The molecular formula is C22H23FN2O. The van der Waals surface area contributed by atoms with Crippen LogP contribution in [-0.2, 0) is 13.0 Å². The molecule has 0 fully saturated rings. The Hall–Kier alpha value is -2.88. The van der Waals surface area contributed by atoms with Crippen molar-refractivity contribution in [1.29, 1.82) is 0 Å². The number of benzene rings is 3. The van der Waals surface area contributed by atoms with Crippen molar-refractivity contribution in [2.45, 2.75) is 25.9 Å². The number of carbonyl (C=O) groups excluding carboxylic acids is 1. The van der Waals surface area contributed by atoms with E-state index in [4.69, 9.17) is 0 Å². The third kappa shape index (κ3) is 4.60. The molecule has 0 aliphatic heterocycles. The minimum Gasteiger partial charge on any atom is -0.335 e. The first-order valence-corrected chi connectivity index (χ1v) is 8.75. The summed E-state index contributed by atoms with van der Waals surface area (Å²) >= 11 is 0. The van der Waals surface area contributed by atoms with Crippen LogP contribution in [0.3, 0.4) is 0 Å². The van der Waals surface area contributed by atoms with E-state index in [0.717, 1.165) is 12.0 Å². The number of nitrogens with one attached hydrogen (secondary N) is 1. The van der Waals surface area contributed by atoms with E-state index < -0.39 is 0 Å². The fourth-order valence-electron chi connectivity index (χ4n) is 3.03. The summed E-state index contributed by atoms with van der Waals surface area (Å²) in [6.07, 6.45) is 0.765. The average molecular weight is 350 g/mol. The third-order valence-electron chi connectivity index (χ3n) is 4.41. The van der Waals surface area contributed by atoms with E-state index in [2.05, 4.69) is 35.6 Å². The van der Waals surface area contributed by atoms with Crippen molar-refractivity contribution >= 4 is 16.8 Å². The summed E-state index contributed by atoms with van der Waals surface area (Å²) in [5.74, 6) is -0.273. The predicted molar refractivity (Wildman–Crippen MR) is 104 cm³/mol. The highest BCUT2D eigenvalue weighted by atomic mass is 19.1. The topological polar surface area (TPSA) is 32.3 Å². The van der Waals surface area contributed by atoms with Crippen molar-refractivity contribution in [2.24, 2.45) is 0 Å². The standard InChI is InChI=1S/C22H23FN2O/c1-16(13-18-7-10-19-5-3-4-6-20(19)14-18)24-22(26)25(2)15-17-8-11-21(23)12-9-17/h3-12,14,16H,13,15H2,1-2H3,(H,24,26). The second-order valence-corrected chi connectivity index (χ2v) is 6.72. The number of carbonyl (C=O) groups is 1. The molecule has 0 saturated carbocycles. The molecule has 1 atom stereocenters. The maximum Gasteiger partial charge on any atom is 0.317 e. The number of fused-ring (bicyclic) bond motifs is 1. The largest absolute Gasteiger partial charge is 0.335 e. The molecule has 2 amide bonds. The van der Waals surface area contributed by atoms with Gasteiger partial charge in [-0.05, 0) is 47.4 Å². The highest BCUT2D eigenvalue weighted by Gasteiger charge is 2.13. The summed E-state index contributed by atoms with van der Waals surface area (Å²) in [5, 5.41) is 5.44. The van der Waals surface area contributed by atoms with Gasteiger partial charge in [-0.3, -0.25) is 0 Å². The molecule has 0 saturated heterocycles. The maximum atomic E-state index is 13.0. The molecule has 3 nitrogen and oxygen atoms in total. The van der Waals surface area contributed by atoms with Gasteiger partial charge in [0.2, 0.25) is 0 Å². The van der Waals surface area contributed by atoms with E-state index in [9.17, 15) is 9.18 Å². The van der Waals surface area contributed by atoms with E-state index in [0.29, 0.717) is 6.54 Å². The Bertz CT molecular complexity index is 892. The Morgan fingerprint density at radius 3 is 2.38 bits per heavy atom. The summed E-state index contributed by atoms with van der Waals surface area (Å²) < 4.78 is 13.0. The molecule has 26 heavy (non-hydrogen) atoms. The molecule has 1 unspecified atom stereocenters. The first-order chi connectivity index (χ1) is 12.5. The monoisotopic (exact) mass is 350 g/mol. The van der Waals surface area contributed by atoms with E-state index in [1.54, 1.807) is 24.1 Å². The van der Waals surface area contributed by atoms with Crippen LogP contribution in [0.4, 0.5) is 9.18 Å². The van der Waals surface area contributed by atoms with Crippen molar-refractivity contribution in [3.05, 3.63) is 83.7 Å². The molecule has 0 heterocycles. The van der Waals surface area contributed by atoms with Crippen LogP contribution in [0.15, 0.2) is 66.7 Å². The minimum absolute atomic E-state index is 0.0133. The zero-order chi connectivity index (χ0) is 18.5. The van der Waals surface area contributed by atoms with Gasteiger partial charge in [-0.2, -0.15) is 0 Å². The van der Waals surface area contributed by atoms with Gasteiger partial charge in [0.15, 0.2) is 0 Å². The van der Waals surface area contributed by atoms with E-state index >= 15 is 0 Å². The van der Waals surface area contributed by atoms with Gasteiger partial charge in [-0.15, -0.1) is 0 Å². The molecule has 134 valence electrons. The highest BCUT2D eigenvalue weighted by molar-refractivity contribution is 5.83. The Balaban J connectivity index is 1.56. The second kappa shape index (κ2) is 8.00. The number of amides is 2. The normalized spacial score (nSPS) is 12.0. The first-order valence-electron chi connectivity index (χ1n) is 8.75. The summed E-state index contributed by atoms with van der Waals surface area (Å²) in [5.41, 5.74) is 2.09. The minimum atomic E-state index is -0.273. The lowest BCUT2D eigenvalue weighted by molar-refractivity contribution is 0.203. The molecule has 1 N–H and O–H groups in total. The number of hydrogen-bond acceptors (Lipinski definition) is 1. The average Bonchev–Trinajstić information content (AvgIpc) is 2.63. The van der Waals surface area contributed by atoms with Crippen LogP contribution in [0.1, 0.15) is 18.1 Å². The molecule has 0 aliphatic rings. The van der Waals surface area contributed by atoms with Gasteiger partial charge in [-0.1, -0.05) is 54.6 Å². The molecule has 3 rings (SSSR count). The lowest BCUT2D eigenvalue weighted by atomic mass is 10.0. The Morgan fingerprint density at radius 2 is 1.65 bits per heavy atom. The maximum absolute atomic E-state index is 13.0. The molecule has 0 radical (unpaired) electrons. The van der Waals surface area contributed by atoms with E-state index in [1.165, 1.54) is 28.5 Å². The summed E-state index contributed by atoms with van der Waals surface area (Å²) in [7, 11) is 1.74. The Labute approximate surface area is 153 Å². The quantitative estimate of drug-likeness (QED) is 0.707. The van der Waals surface area contributed by atoms with Crippen molar-refractivity contribution in [2.75, 3.05) is 7.05 Å². The third-order valence-corrected chi connectivity index (χ3v) is 4.41. The van der Waals surface area contributed by atoms with Gasteiger partial charge in [-0.25, -0.2) is 9.18 Å². The fraction of sp³-hybridized carbons (Fsp3) is 0.227. The Kier molecular flexibility index (Phi) is 5.52. The second-order valence-electron chi connectivity index (χ2n) is 6.72. The van der Waals surface area contributed by atoms with Crippen LogP contribution in [0.2, 0.25) is 0 Å². The molecule has 3 aromatic rings. The summed E-state index contributed by atoms with van der Waals surface area (Å²) in [6.45, 7) is 2.44. The number of urea groups is 1. The lowest BCUT2D eigenvalue weighted by Gasteiger charge is -2.21. The van der Waals surface area contributed by atoms with Crippen molar-refractivity contribution in [1.82, 2.24) is 10.2 Å². The van der Waals surface area contributed by atoms with Gasteiger partial charge < -0.3 is 10.2 Å². The summed E-state index contributed by atoms with van der Waals surface area (Å²) in [6, 6.07) is 20.7. The van der Waals surface area contributed by atoms with Crippen LogP contribution >= 0.6 is 0 Å². The number of rotatable bonds is 5. The zero-order valence-electron chi connectivity index (χ0n) is 15.1. The molecule has 0 aliphatic carbocycles. The van der Waals surface area contributed by atoms with Crippen LogP contribution in [0.25, 0.3) is 10.8 Å². The number of hydrogen-bond donors (Lipinski definition) is 1. The highest BCUT2D eigenvalue weighted by Crippen LogP contribution is 2.16. The van der Waals surface area contributed by atoms with Crippen LogP contribution in [0, 0.1) is 5.82 Å². The fourth-order valence-corrected chi connectivity index (χ4v) is 3.03. The number of halogens is 1. The van der Waals surface area contributed by atoms with Crippen molar-refractivity contribution in [3.63, 3.8) is 0 Å². The van der Waals surface area contributed by atoms with Gasteiger partial charge in [0.05, 0.1) is 0 Å². The zero-order valence-corrected chi connectivity index (χ0v) is 15.1. The first kappa shape index (κ1) is 17.9. The van der Waals surface area contributed by atoms with Crippen LogP contribution in [0.5, 0.6) is 0 Å². The smallest absolute Gasteiger partial charge is 0.317 e. The molecule has 3 aromatic carbocycles. The predicted octanol–water partition coefficient (Wildman–Crippen LogP) is 4.75. The van der Waals surface area contributed by atoms with Gasteiger partial charge in [0, 0.05) is 19.6 Å². The van der Waals surface area contributed by atoms with E-state index in [-0.39, 0.29) is 17.9 Å². The molecular weight excluding hydrogens is 327 g/mol. The molecule has 0 aromatic heterocycles. The number of nitrogens with zero attached hydrogens (tertiary/aromatic N) is 1.